The lowest BCUT2D eigenvalue weighted by Gasteiger charge is -2.20. The topological polar surface area (TPSA) is 72.0 Å². The molecule has 1 unspecified atom stereocenters. The smallest absolute Gasteiger partial charge is 0.187 e. The number of nitrogens with zero attached hydrogens (tertiary/aromatic N) is 2. The van der Waals surface area contributed by atoms with E-state index in [4.69, 9.17) is 10.8 Å². The highest BCUT2D eigenvalue weighted by Gasteiger charge is 2.16. The molecule has 0 amide bonds. The highest BCUT2D eigenvalue weighted by atomic mass is 32.2. The lowest BCUT2D eigenvalue weighted by molar-refractivity contribution is 0.206. The fourth-order valence-electron chi connectivity index (χ4n) is 0.814. The summed E-state index contributed by atoms with van der Waals surface area (Å²) in [6.07, 6.45) is 4.17. The minimum Gasteiger partial charge on any atom is -0.394 e. The number of hydrogen-bond donors (Lipinski definition) is 2. The second-order valence-electron chi connectivity index (χ2n) is 3.44. The van der Waals surface area contributed by atoms with Crippen LogP contribution >= 0.6 is 11.8 Å². The maximum Gasteiger partial charge on any atom is 0.187 e. The molecule has 0 aliphatic carbocycles. The van der Waals surface area contributed by atoms with E-state index in [0.29, 0.717) is 0 Å². The molecule has 0 aromatic carbocycles. The number of thioether (sulfide) groups is 1. The number of aliphatic hydroxyl groups excluding tert-OH is 1. The van der Waals surface area contributed by atoms with Crippen LogP contribution in [0.1, 0.15) is 13.3 Å². The SMILES string of the molecule is CC(N)(CO)CCSc1ncccn1. The predicted molar refractivity (Wildman–Crippen MR) is 57.1 cm³/mol. The van der Waals surface area contributed by atoms with Gasteiger partial charge in [0.15, 0.2) is 5.16 Å². The summed E-state index contributed by atoms with van der Waals surface area (Å²) in [5.74, 6) is 0.817. The molecule has 3 N–H and O–H groups in total. The van der Waals surface area contributed by atoms with E-state index in [2.05, 4.69) is 9.97 Å². The molecule has 0 fully saturated rings. The number of aromatic nitrogens is 2. The minimum absolute atomic E-state index is 0.00318. The molecule has 1 aromatic heterocycles. The molecule has 1 aromatic rings. The van der Waals surface area contributed by atoms with Crippen LogP contribution in [0.5, 0.6) is 0 Å². The van der Waals surface area contributed by atoms with Gasteiger partial charge in [0.2, 0.25) is 0 Å². The van der Waals surface area contributed by atoms with Crippen LogP contribution in [-0.2, 0) is 0 Å². The van der Waals surface area contributed by atoms with Gasteiger partial charge in [-0.1, -0.05) is 11.8 Å². The monoisotopic (exact) mass is 213 g/mol. The van der Waals surface area contributed by atoms with E-state index in [1.807, 2.05) is 6.92 Å². The molecular weight excluding hydrogens is 198 g/mol. The minimum atomic E-state index is -0.498. The van der Waals surface area contributed by atoms with E-state index >= 15 is 0 Å². The molecule has 0 spiro atoms. The number of aliphatic hydroxyl groups is 1. The Balaban J connectivity index is 2.29. The van der Waals surface area contributed by atoms with Crippen molar-refractivity contribution in [2.24, 2.45) is 5.73 Å². The van der Waals surface area contributed by atoms with Crippen LogP contribution in [-0.4, -0.2) is 33.0 Å². The van der Waals surface area contributed by atoms with Gasteiger partial charge in [0.1, 0.15) is 0 Å². The van der Waals surface area contributed by atoms with Gasteiger partial charge < -0.3 is 10.8 Å². The van der Waals surface area contributed by atoms with Crippen molar-refractivity contribution < 1.29 is 5.11 Å². The second kappa shape index (κ2) is 5.29. The highest BCUT2D eigenvalue weighted by molar-refractivity contribution is 7.99. The van der Waals surface area contributed by atoms with Crippen molar-refractivity contribution in [3.8, 4) is 0 Å². The first-order valence-corrected chi connectivity index (χ1v) is 5.42. The van der Waals surface area contributed by atoms with Crippen LogP contribution in [0.3, 0.4) is 0 Å². The summed E-state index contributed by atoms with van der Waals surface area (Å²) in [5, 5.41) is 9.68. The average molecular weight is 213 g/mol. The van der Waals surface area contributed by atoms with Crippen molar-refractivity contribution in [3.63, 3.8) is 0 Å². The summed E-state index contributed by atoms with van der Waals surface area (Å²) in [5.41, 5.74) is 5.28. The van der Waals surface area contributed by atoms with Crippen molar-refractivity contribution in [1.82, 2.24) is 9.97 Å². The van der Waals surface area contributed by atoms with E-state index in [9.17, 15) is 0 Å². The lowest BCUT2D eigenvalue weighted by Crippen LogP contribution is -2.40. The number of rotatable bonds is 5. The molecule has 14 heavy (non-hydrogen) atoms. The fourth-order valence-corrected chi connectivity index (χ4v) is 1.84. The van der Waals surface area contributed by atoms with E-state index < -0.39 is 5.54 Å². The molecule has 0 aliphatic rings. The Labute approximate surface area is 88.0 Å². The zero-order valence-electron chi connectivity index (χ0n) is 8.18. The first kappa shape index (κ1) is 11.4. The van der Waals surface area contributed by atoms with Gasteiger partial charge in [0.05, 0.1) is 6.61 Å². The standard InChI is InChI=1S/C9H15N3OS/c1-9(10,7-13)3-6-14-8-11-4-2-5-12-8/h2,4-5,13H,3,6-7,10H2,1H3. The van der Waals surface area contributed by atoms with E-state index in [0.717, 1.165) is 17.3 Å². The molecule has 1 heterocycles. The Morgan fingerprint density at radius 1 is 1.50 bits per heavy atom. The van der Waals surface area contributed by atoms with Crippen molar-refractivity contribution >= 4 is 11.8 Å². The molecule has 1 rings (SSSR count). The van der Waals surface area contributed by atoms with Gasteiger partial charge >= 0.3 is 0 Å². The quantitative estimate of drug-likeness (QED) is 0.555. The zero-order valence-corrected chi connectivity index (χ0v) is 9.00. The molecule has 5 heteroatoms. The molecule has 1 atom stereocenters. The zero-order chi connectivity index (χ0) is 10.4. The predicted octanol–water partition coefficient (Wildman–Crippen LogP) is 0.669. The van der Waals surface area contributed by atoms with Crippen LogP contribution in [0.15, 0.2) is 23.6 Å². The lowest BCUT2D eigenvalue weighted by atomic mass is 10.0. The normalized spacial score (nSPS) is 15.1. The molecule has 0 radical (unpaired) electrons. The second-order valence-corrected chi connectivity index (χ2v) is 4.50. The summed E-state index contributed by atoms with van der Waals surface area (Å²) in [6, 6.07) is 1.78. The van der Waals surface area contributed by atoms with Gasteiger partial charge in [-0.15, -0.1) is 0 Å². The van der Waals surface area contributed by atoms with Gasteiger partial charge in [-0.25, -0.2) is 9.97 Å². The fraction of sp³-hybridized carbons (Fsp3) is 0.556. The van der Waals surface area contributed by atoms with Gasteiger partial charge in [-0.3, -0.25) is 0 Å². The van der Waals surface area contributed by atoms with Crippen molar-refractivity contribution in [1.29, 1.82) is 0 Å². The molecule has 0 aliphatic heterocycles. The van der Waals surface area contributed by atoms with Crippen LogP contribution in [0.25, 0.3) is 0 Å². The molecular formula is C9H15N3OS. The molecule has 0 bridgehead atoms. The van der Waals surface area contributed by atoms with Gasteiger partial charge in [0, 0.05) is 23.7 Å². The molecule has 78 valence electrons. The number of hydrogen-bond acceptors (Lipinski definition) is 5. The summed E-state index contributed by atoms with van der Waals surface area (Å²) >= 11 is 1.55. The molecule has 4 nitrogen and oxygen atoms in total. The van der Waals surface area contributed by atoms with E-state index in [-0.39, 0.29) is 6.61 Å². The van der Waals surface area contributed by atoms with Gasteiger partial charge in [-0.2, -0.15) is 0 Å². The van der Waals surface area contributed by atoms with Crippen molar-refractivity contribution in [2.45, 2.75) is 24.0 Å². The summed E-state index contributed by atoms with van der Waals surface area (Å²) in [7, 11) is 0. The first-order chi connectivity index (χ1) is 6.64. The highest BCUT2D eigenvalue weighted by Crippen LogP contribution is 2.16. The maximum atomic E-state index is 8.93. The largest absolute Gasteiger partial charge is 0.394 e. The third-order valence-electron chi connectivity index (χ3n) is 1.81. The third-order valence-corrected chi connectivity index (χ3v) is 2.68. The summed E-state index contributed by atoms with van der Waals surface area (Å²) in [6.45, 7) is 1.84. The number of nitrogens with two attached hydrogens (primary N) is 1. The summed E-state index contributed by atoms with van der Waals surface area (Å²) in [4.78, 5) is 8.15. The summed E-state index contributed by atoms with van der Waals surface area (Å²) < 4.78 is 0. The van der Waals surface area contributed by atoms with Crippen molar-refractivity contribution in [3.05, 3.63) is 18.5 Å². The van der Waals surface area contributed by atoms with Crippen molar-refractivity contribution in [2.75, 3.05) is 12.4 Å². The Bertz CT molecular complexity index is 266. The molecule has 0 saturated carbocycles. The van der Waals surface area contributed by atoms with Gasteiger partial charge in [0.25, 0.3) is 0 Å². The van der Waals surface area contributed by atoms with Crippen LogP contribution < -0.4 is 5.73 Å². The Hall–Kier alpha value is -0.650. The van der Waals surface area contributed by atoms with Crippen LogP contribution in [0.2, 0.25) is 0 Å². The molecule has 0 saturated heterocycles. The van der Waals surface area contributed by atoms with E-state index in [1.165, 1.54) is 0 Å². The Kier molecular flexibility index (Phi) is 4.31. The van der Waals surface area contributed by atoms with Crippen LogP contribution in [0, 0.1) is 0 Å². The maximum absolute atomic E-state index is 8.93. The third kappa shape index (κ3) is 4.04. The van der Waals surface area contributed by atoms with E-state index in [1.54, 1.807) is 30.2 Å². The Morgan fingerprint density at radius 3 is 2.71 bits per heavy atom. The Morgan fingerprint density at radius 2 is 2.14 bits per heavy atom. The van der Waals surface area contributed by atoms with Gasteiger partial charge in [-0.05, 0) is 19.4 Å². The first-order valence-electron chi connectivity index (χ1n) is 4.44. The van der Waals surface area contributed by atoms with Crippen LogP contribution in [0.4, 0.5) is 0 Å². The average Bonchev–Trinajstić information content (AvgIpc) is 2.19.